The van der Waals surface area contributed by atoms with E-state index in [2.05, 4.69) is 15.6 Å². The highest BCUT2D eigenvalue weighted by Crippen LogP contribution is 2.19. The Balaban J connectivity index is 1.87. The number of carbonyl (C=O) groups is 1. The van der Waals surface area contributed by atoms with Gasteiger partial charge in [0.05, 0.1) is 11.1 Å². The Bertz CT molecular complexity index is 625. The minimum atomic E-state index is -1.03. The van der Waals surface area contributed by atoms with Crippen LogP contribution in [0, 0.1) is 5.82 Å². The fourth-order valence-electron chi connectivity index (χ4n) is 1.64. The molecule has 2 aromatic rings. The summed E-state index contributed by atoms with van der Waals surface area (Å²) in [5.41, 5.74) is 0.913. The van der Waals surface area contributed by atoms with Crippen LogP contribution in [0.4, 0.5) is 14.9 Å². The average Bonchev–Trinajstić information content (AvgIpc) is 2.48. The molecule has 1 aromatic carbocycles. The van der Waals surface area contributed by atoms with Crippen molar-refractivity contribution in [3.63, 3.8) is 0 Å². The van der Waals surface area contributed by atoms with Crippen LogP contribution in [0.15, 0.2) is 42.7 Å². The fraction of sp³-hybridized carbons (Fsp3) is 0.143. The van der Waals surface area contributed by atoms with E-state index in [1.165, 1.54) is 12.1 Å². The van der Waals surface area contributed by atoms with Crippen LogP contribution in [0.1, 0.15) is 11.7 Å². The molecule has 0 spiro atoms. The van der Waals surface area contributed by atoms with E-state index in [0.717, 1.165) is 6.07 Å². The number of aliphatic hydroxyl groups excluding tert-OH is 1. The highest BCUT2D eigenvalue weighted by atomic mass is 35.5. The Labute approximate surface area is 125 Å². The van der Waals surface area contributed by atoms with Crippen LogP contribution in [0.25, 0.3) is 0 Å². The maximum atomic E-state index is 13.3. The summed E-state index contributed by atoms with van der Waals surface area (Å²) in [5.74, 6) is -0.616. The van der Waals surface area contributed by atoms with Crippen LogP contribution in [0.3, 0.4) is 0 Å². The molecule has 0 aliphatic rings. The van der Waals surface area contributed by atoms with Crippen molar-refractivity contribution in [3.05, 3.63) is 59.1 Å². The van der Waals surface area contributed by atoms with Gasteiger partial charge in [-0.3, -0.25) is 4.98 Å². The second kappa shape index (κ2) is 7.01. The zero-order valence-corrected chi connectivity index (χ0v) is 11.6. The molecule has 1 atom stereocenters. The lowest BCUT2D eigenvalue weighted by Gasteiger charge is -2.13. The first-order valence-corrected chi connectivity index (χ1v) is 6.52. The molecule has 0 aliphatic heterocycles. The summed E-state index contributed by atoms with van der Waals surface area (Å²) in [6.07, 6.45) is 2.06. The van der Waals surface area contributed by atoms with Crippen LogP contribution in [-0.2, 0) is 0 Å². The summed E-state index contributed by atoms with van der Waals surface area (Å²) < 4.78 is 13.3. The summed E-state index contributed by atoms with van der Waals surface area (Å²) in [5, 5.41) is 14.9. The summed E-state index contributed by atoms with van der Waals surface area (Å²) >= 11 is 5.56. The second-order valence-electron chi connectivity index (χ2n) is 4.26. The summed E-state index contributed by atoms with van der Waals surface area (Å²) in [6.45, 7) is -0.0576. The number of carbonyl (C=O) groups excluding carboxylic acids is 1. The van der Waals surface area contributed by atoms with E-state index in [1.807, 2.05) is 0 Å². The number of nitrogens with one attached hydrogen (secondary N) is 2. The molecule has 0 saturated heterocycles. The Kier molecular flexibility index (Phi) is 5.08. The third-order valence-corrected chi connectivity index (χ3v) is 3.03. The molecule has 0 aliphatic carbocycles. The number of benzene rings is 1. The molecule has 0 fully saturated rings. The predicted octanol–water partition coefficient (Wildman–Crippen LogP) is 2.73. The predicted molar refractivity (Wildman–Crippen MR) is 77.6 cm³/mol. The van der Waals surface area contributed by atoms with Gasteiger partial charge in [0.1, 0.15) is 5.82 Å². The van der Waals surface area contributed by atoms with Crippen LogP contribution in [-0.4, -0.2) is 22.7 Å². The van der Waals surface area contributed by atoms with Gasteiger partial charge in [-0.25, -0.2) is 9.18 Å². The van der Waals surface area contributed by atoms with Gasteiger partial charge in [0.15, 0.2) is 0 Å². The van der Waals surface area contributed by atoms with Gasteiger partial charge >= 0.3 is 6.03 Å². The van der Waals surface area contributed by atoms with Gasteiger partial charge in [-0.15, -0.1) is 0 Å². The lowest BCUT2D eigenvalue weighted by molar-refractivity contribution is 0.174. The number of rotatable bonds is 4. The third-order valence-electron chi connectivity index (χ3n) is 2.72. The van der Waals surface area contributed by atoms with Crippen LogP contribution < -0.4 is 10.6 Å². The van der Waals surface area contributed by atoms with E-state index in [9.17, 15) is 14.3 Å². The number of halogens is 2. The Morgan fingerprint density at radius 2 is 2.05 bits per heavy atom. The Hall–Kier alpha value is -2.18. The molecule has 5 nitrogen and oxygen atoms in total. The first-order chi connectivity index (χ1) is 10.1. The number of amides is 2. The van der Waals surface area contributed by atoms with E-state index < -0.39 is 18.0 Å². The molecule has 0 bridgehead atoms. The highest BCUT2D eigenvalue weighted by Gasteiger charge is 2.11. The molecule has 0 radical (unpaired) electrons. The molecule has 1 aromatic heterocycles. The maximum absolute atomic E-state index is 13.3. The van der Waals surface area contributed by atoms with Crippen molar-refractivity contribution in [3.8, 4) is 0 Å². The quantitative estimate of drug-likeness (QED) is 0.813. The van der Waals surface area contributed by atoms with Crippen molar-refractivity contribution in [2.24, 2.45) is 0 Å². The Morgan fingerprint density at radius 3 is 2.71 bits per heavy atom. The third kappa shape index (κ3) is 4.40. The minimum Gasteiger partial charge on any atom is -0.387 e. The largest absolute Gasteiger partial charge is 0.387 e. The molecule has 3 N–H and O–H groups in total. The van der Waals surface area contributed by atoms with Gasteiger partial charge < -0.3 is 15.7 Å². The molecule has 110 valence electrons. The SMILES string of the molecule is O=C(NCC(O)c1ccc(Cl)c(F)c1)Nc1ccncc1. The standard InChI is InChI=1S/C14H13ClFN3O2/c15-11-2-1-9(7-12(11)16)13(20)8-18-14(21)19-10-3-5-17-6-4-10/h1-7,13,20H,8H2,(H2,17,18,19,21). The lowest BCUT2D eigenvalue weighted by Crippen LogP contribution is -2.32. The zero-order valence-electron chi connectivity index (χ0n) is 10.9. The first-order valence-electron chi connectivity index (χ1n) is 6.14. The lowest BCUT2D eigenvalue weighted by atomic mass is 10.1. The van der Waals surface area contributed by atoms with Crippen molar-refractivity contribution in [1.29, 1.82) is 0 Å². The molecule has 2 rings (SSSR count). The highest BCUT2D eigenvalue weighted by molar-refractivity contribution is 6.30. The van der Waals surface area contributed by atoms with Gasteiger partial charge in [0.25, 0.3) is 0 Å². The van der Waals surface area contributed by atoms with Gasteiger partial charge in [-0.1, -0.05) is 17.7 Å². The molecule has 7 heteroatoms. The number of pyridine rings is 1. The van der Waals surface area contributed by atoms with Crippen molar-refractivity contribution in [2.75, 3.05) is 11.9 Å². The van der Waals surface area contributed by atoms with Crippen LogP contribution in [0.5, 0.6) is 0 Å². The van der Waals surface area contributed by atoms with Gasteiger partial charge in [0, 0.05) is 24.6 Å². The number of nitrogens with zero attached hydrogens (tertiary/aromatic N) is 1. The minimum absolute atomic E-state index is 0.0191. The summed E-state index contributed by atoms with van der Waals surface area (Å²) in [7, 11) is 0. The first kappa shape index (κ1) is 15.2. The maximum Gasteiger partial charge on any atom is 0.319 e. The summed E-state index contributed by atoms with van der Waals surface area (Å²) in [6, 6.07) is 6.77. The normalized spacial score (nSPS) is 11.8. The number of hydrogen-bond acceptors (Lipinski definition) is 3. The number of hydrogen-bond donors (Lipinski definition) is 3. The number of anilines is 1. The molecule has 0 saturated carbocycles. The second-order valence-corrected chi connectivity index (χ2v) is 4.67. The van der Waals surface area contributed by atoms with Gasteiger partial charge in [-0.2, -0.15) is 0 Å². The van der Waals surface area contributed by atoms with Crippen LogP contribution >= 0.6 is 11.6 Å². The van der Waals surface area contributed by atoms with Gasteiger partial charge in [0.2, 0.25) is 0 Å². The van der Waals surface area contributed by atoms with Crippen molar-refractivity contribution in [1.82, 2.24) is 10.3 Å². The van der Waals surface area contributed by atoms with Crippen molar-refractivity contribution in [2.45, 2.75) is 6.10 Å². The molecule has 2 amide bonds. The van der Waals surface area contributed by atoms with E-state index in [-0.39, 0.29) is 11.6 Å². The smallest absolute Gasteiger partial charge is 0.319 e. The van der Waals surface area contributed by atoms with Crippen molar-refractivity contribution >= 4 is 23.3 Å². The molecular formula is C14H13ClFN3O2. The fourth-order valence-corrected chi connectivity index (χ4v) is 1.75. The molecule has 21 heavy (non-hydrogen) atoms. The number of aliphatic hydroxyl groups is 1. The van der Waals surface area contributed by atoms with E-state index in [0.29, 0.717) is 11.3 Å². The van der Waals surface area contributed by atoms with E-state index >= 15 is 0 Å². The van der Waals surface area contributed by atoms with Crippen LogP contribution in [0.2, 0.25) is 5.02 Å². The van der Waals surface area contributed by atoms with Crippen molar-refractivity contribution < 1.29 is 14.3 Å². The molecular weight excluding hydrogens is 297 g/mol. The summed E-state index contributed by atoms with van der Waals surface area (Å²) in [4.78, 5) is 15.4. The molecule has 1 heterocycles. The molecule has 1 unspecified atom stereocenters. The number of urea groups is 1. The van der Waals surface area contributed by atoms with Gasteiger partial charge in [-0.05, 0) is 29.8 Å². The number of aromatic nitrogens is 1. The van der Waals surface area contributed by atoms with E-state index in [1.54, 1.807) is 24.5 Å². The average molecular weight is 310 g/mol. The topological polar surface area (TPSA) is 74.2 Å². The van der Waals surface area contributed by atoms with E-state index in [4.69, 9.17) is 11.6 Å². The Morgan fingerprint density at radius 1 is 1.33 bits per heavy atom. The zero-order chi connectivity index (χ0) is 15.2. The monoisotopic (exact) mass is 309 g/mol.